The van der Waals surface area contributed by atoms with Gasteiger partial charge in [-0.05, 0) is 24.2 Å². The van der Waals surface area contributed by atoms with E-state index < -0.39 is 5.85 Å². The molecule has 4 nitrogen and oxygen atoms in total. The number of hydrogen-bond acceptors (Lipinski definition) is 4. The summed E-state index contributed by atoms with van der Waals surface area (Å²) >= 11 is 0. The van der Waals surface area contributed by atoms with Crippen LogP contribution in [0.1, 0.15) is 60.3 Å². The van der Waals surface area contributed by atoms with Crippen molar-refractivity contribution in [1.82, 2.24) is 5.06 Å². The molecule has 0 aromatic heterocycles. The minimum atomic E-state index is -0.541. The fourth-order valence-corrected chi connectivity index (χ4v) is 5.23. The van der Waals surface area contributed by atoms with Crippen molar-refractivity contribution in [2.45, 2.75) is 78.3 Å². The van der Waals surface area contributed by atoms with Crippen LogP contribution in [-0.2, 0) is 9.57 Å². The molecule has 4 rings (SSSR count). The molecule has 2 aliphatic carbocycles. The average Bonchev–Trinajstić information content (AvgIpc) is 3.02. The molecule has 0 aromatic rings. The van der Waals surface area contributed by atoms with E-state index in [0.717, 1.165) is 18.7 Å². The average molecular weight is 278 g/mol. The van der Waals surface area contributed by atoms with Crippen LogP contribution in [0, 0.1) is 16.7 Å². The number of rotatable bonds is 2. The summed E-state index contributed by atoms with van der Waals surface area (Å²) in [5, 5.41) is 2.12. The zero-order valence-electron chi connectivity index (χ0n) is 13.3. The Hall–Kier alpha value is -0.610. The van der Waals surface area contributed by atoms with Crippen LogP contribution in [0.25, 0.3) is 0 Å². The minimum Gasteiger partial charge on any atom is -0.386 e. The van der Waals surface area contributed by atoms with Crippen molar-refractivity contribution in [3.63, 3.8) is 0 Å². The minimum absolute atomic E-state index is 0.250. The summed E-state index contributed by atoms with van der Waals surface area (Å²) in [6, 6.07) is 0.372. The molecule has 4 heteroatoms. The summed E-state index contributed by atoms with van der Waals surface area (Å²) in [5.41, 5.74) is 0.570. The van der Waals surface area contributed by atoms with E-state index in [1.54, 1.807) is 0 Å². The largest absolute Gasteiger partial charge is 0.386 e. The summed E-state index contributed by atoms with van der Waals surface area (Å²) in [6.07, 6.45) is 4.51. The molecule has 20 heavy (non-hydrogen) atoms. The molecule has 2 aliphatic heterocycles. The van der Waals surface area contributed by atoms with Crippen LogP contribution in [-0.4, -0.2) is 29.0 Å². The second-order valence-corrected chi connectivity index (χ2v) is 7.69. The second-order valence-electron chi connectivity index (χ2n) is 7.69. The maximum absolute atomic E-state index is 6.56. The van der Waals surface area contributed by atoms with Crippen LogP contribution < -0.4 is 0 Å². The highest BCUT2D eigenvalue weighted by molar-refractivity contribution is 5.77. The van der Waals surface area contributed by atoms with Gasteiger partial charge in [-0.25, -0.2) is 4.99 Å². The Balaban J connectivity index is 1.77. The molecule has 5 atom stereocenters. The Kier molecular flexibility index (Phi) is 2.34. The Morgan fingerprint density at radius 3 is 2.70 bits per heavy atom. The lowest BCUT2D eigenvalue weighted by Gasteiger charge is -2.39. The van der Waals surface area contributed by atoms with Gasteiger partial charge in [-0.2, -0.15) is 0 Å². The first kappa shape index (κ1) is 13.1. The van der Waals surface area contributed by atoms with Crippen LogP contribution in [0.4, 0.5) is 0 Å². The quantitative estimate of drug-likeness (QED) is 0.777. The van der Waals surface area contributed by atoms with Gasteiger partial charge in [0.2, 0.25) is 5.90 Å². The number of hydroxylamine groups is 2. The third-order valence-electron chi connectivity index (χ3n) is 6.92. The summed E-state index contributed by atoms with van der Waals surface area (Å²) in [6.45, 7) is 11.5. The molecule has 4 aliphatic rings. The molecule has 2 bridgehead atoms. The Morgan fingerprint density at radius 2 is 2.05 bits per heavy atom. The van der Waals surface area contributed by atoms with Crippen molar-refractivity contribution in [2.24, 2.45) is 21.7 Å². The number of fused-ring (bicyclic) bond motifs is 7. The Morgan fingerprint density at radius 1 is 1.30 bits per heavy atom. The molecule has 0 N–H and O–H groups in total. The van der Waals surface area contributed by atoms with Gasteiger partial charge in [0.1, 0.15) is 0 Å². The first-order chi connectivity index (χ1) is 9.39. The maximum atomic E-state index is 6.56. The van der Waals surface area contributed by atoms with Gasteiger partial charge in [0.15, 0.2) is 0 Å². The molecular weight excluding hydrogens is 252 g/mol. The molecule has 2 saturated carbocycles. The van der Waals surface area contributed by atoms with Gasteiger partial charge in [-0.3, -0.25) is 0 Å². The predicted molar refractivity (Wildman–Crippen MR) is 76.9 cm³/mol. The SMILES string of the molecule is CCC1=N[C@]2(CC)OC3C(C4CCC3(C)C4(C)C)N2O1. The van der Waals surface area contributed by atoms with Gasteiger partial charge < -0.3 is 9.57 Å². The smallest absolute Gasteiger partial charge is 0.252 e. The van der Waals surface area contributed by atoms with E-state index in [9.17, 15) is 0 Å². The molecule has 0 spiro atoms. The molecule has 0 radical (unpaired) electrons. The van der Waals surface area contributed by atoms with Crippen molar-refractivity contribution >= 4 is 5.90 Å². The van der Waals surface area contributed by atoms with Crippen molar-refractivity contribution in [3.05, 3.63) is 0 Å². The van der Waals surface area contributed by atoms with Gasteiger partial charge in [0.25, 0.3) is 5.85 Å². The van der Waals surface area contributed by atoms with E-state index in [1.165, 1.54) is 12.8 Å². The lowest BCUT2D eigenvalue weighted by Crippen LogP contribution is -2.46. The topological polar surface area (TPSA) is 34.1 Å². The monoisotopic (exact) mass is 278 g/mol. The van der Waals surface area contributed by atoms with Crippen LogP contribution in [0.15, 0.2) is 4.99 Å². The van der Waals surface area contributed by atoms with E-state index in [0.29, 0.717) is 17.4 Å². The van der Waals surface area contributed by atoms with E-state index in [2.05, 4.69) is 39.7 Å². The summed E-state index contributed by atoms with van der Waals surface area (Å²) in [7, 11) is 0. The van der Waals surface area contributed by atoms with E-state index in [4.69, 9.17) is 14.6 Å². The first-order valence-corrected chi connectivity index (χ1v) is 8.13. The number of hydrogen-bond donors (Lipinski definition) is 0. The third kappa shape index (κ3) is 1.16. The molecular formula is C16H26N2O2. The molecule has 2 heterocycles. The van der Waals surface area contributed by atoms with E-state index in [1.807, 2.05) is 0 Å². The molecule has 0 amide bonds. The van der Waals surface area contributed by atoms with Crippen LogP contribution in [0.5, 0.6) is 0 Å². The van der Waals surface area contributed by atoms with Crippen LogP contribution in [0.3, 0.4) is 0 Å². The molecule has 0 aromatic carbocycles. The zero-order valence-corrected chi connectivity index (χ0v) is 13.3. The fraction of sp³-hybridized carbons (Fsp3) is 0.938. The molecule has 3 fully saturated rings. The van der Waals surface area contributed by atoms with E-state index >= 15 is 0 Å². The lowest BCUT2D eigenvalue weighted by molar-refractivity contribution is -0.217. The number of ether oxygens (including phenoxy) is 1. The number of nitrogens with zero attached hydrogens (tertiary/aromatic N) is 2. The summed E-state index contributed by atoms with van der Waals surface area (Å²) < 4.78 is 6.56. The van der Waals surface area contributed by atoms with Gasteiger partial charge in [-0.1, -0.05) is 39.7 Å². The lowest BCUT2D eigenvalue weighted by atomic mass is 9.70. The first-order valence-electron chi connectivity index (χ1n) is 8.13. The molecule has 1 saturated heterocycles. The van der Waals surface area contributed by atoms with Crippen LogP contribution in [0.2, 0.25) is 0 Å². The van der Waals surface area contributed by atoms with Gasteiger partial charge in [0, 0.05) is 18.3 Å². The zero-order chi connectivity index (χ0) is 14.3. The highest BCUT2D eigenvalue weighted by Crippen LogP contribution is 2.70. The molecule has 4 unspecified atom stereocenters. The van der Waals surface area contributed by atoms with Gasteiger partial charge >= 0.3 is 0 Å². The van der Waals surface area contributed by atoms with E-state index in [-0.39, 0.29) is 11.5 Å². The second kappa shape index (κ2) is 3.58. The third-order valence-corrected chi connectivity index (χ3v) is 6.92. The maximum Gasteiger partial charge on any atom is 0.252 e. The highest BCUT2D eigenvalue weighted by Gasteiger charge is 2.75. The van der Waals surface area contributed by atoms with Crippen LogP contribution >= 0.6 is 0 Å². The molecule has 112 valence electrons. The van der Waals surface area contributed by atoms with Crippen molar-refractivity contribution < 1.29 is 9.57 Å². The van der Waals surface area contributed by atoms with Crippen molar-refractivity contribution in [2.75, 3.05) is 0 Å². The highest BCUT2D eigenvalue weighted by atomic mass is 16.8. The van der Waals surface area contributed by atoms with Crippen molar-refractivity contribution in [3.8, 4) is 0 Å². The summed E-state index contributed by atoms with van der Waals surface area (Å²) in [5.74, 6) is 0.939. The van der Waals surface area contributed by atoms with Gasteiger partial charge in [0.05, 0.1) is 12.1 Å². The fourth-order valence-electron chi connectivity index (χ4n) is 5.23. The standard InChI is InChI=1S/C16H26N2O2/c1-6-11-17-16(7-2)18(20-11)12-10-8-9-15(5,13(12)19-16)14(10,3)4/h10,12-13H,6-9H2,1-5H3/t10?,12?,13?,15?,16-/m0/s1. The Labute approximate surface area is 121 Å². The number of aliphatic imine (C=N–C) groups is 1. The Bertz CT molecular complexity index is 489. The van der Waals surface area contributed by atoms with Gasteiger partial charge in [-0.15, -0.1) is 0 Å². The predicted octanol–water partition coefficient (Wildman–Crippen LogP) is 3.33. The summed E-state index contributed by atoms with van der Waals surface area (Å²) in [4.78, 5) is 10.9. The normalized spacial score (nSPS) is 51.9. The van der Waals surface area contributed by atoms with Crippen molar-refractivity contribution in [1.29, 1.82) is 0 Å².